The zero-order valence-corrected chi connectivity index (χ0v) is 14.9. The van der Waals surface area contributed by atoms with E-state index in [0.29, 0.717) is 16.9 Å². The second kappa shape index (κ2) is 7.39. The standard InChI is InChI=1S/C17H12Cl2F2N4O/c1-9-16(17(26)22-8-10-2-4-14(20)12(18)6-10)23-24-25(9)11-3-5-15(21)13(19)7-11/h2-7H,8H2,1H3,(H,22,26). The summed E-state index contributed by atoms with van der Waals surface area (Å²) in [7, 11) is 0. The molecule has 0 spiro atoms. The van der Waals surface area contributed by atoms with E-state index in [1.165, 1.54) is 41.1 Å². The molecule has 1 heterocycles. The van der Waals surface area contributed by atoms with Gasteiger partial charge in [-0.15, -0.1) is 5.10 Å². The molecule has 0 unspecified atom stereocenters. The molecule has 0 bridgehead atoms. The van der Waals surface area contributed by atoms with Gasteiger partial charge in [0.1, 0.15) is 11.6 Å². The van der Waals surface area contributed by atoms with E-state index in [4.69, 9.17) is 23.2 Å². The van der Waals surface area contributed by atoms with Crippen LogP contribution in [0.1, 0.15) is 21.7 Å². The predicted molar refractivity (Wildman–Crippen MR) is 93.6 cm³/mol. The summed E-state index contributed by atoms with van der Waals surface area (Å²) >= 11 is 11.5. The minimum absolute atomic E-state index is 0.0212. The fraction of sp³-hybridized carbons (Fsp3) is 0.118. The van der Waals surface area contributed by atoms with E-state index in [1.54, 1.807) is 6.92 Å². The largest absolute Gasteiger partial charge is 0.347 e. The van der Waals surface area contributed by atoms with Crippen LogP contribution in [0.3, 0.4) is 0 Å². The van der Waals surface area contributed by atoms with Gasteiger partial charge in [0.15, 0.2) is 5.69 Å². The van der Waals surface area contributed by atoms with Crippen molar-refractivity contribution in [3.63, 3.8) is 0 Å². The Bertz CT molecular complexity index is 991. The molecule has 2 aromatic carbocycles. The highest BCUT2D eigenvalue weighted by molar-refractivity contribution is 6.31. The summed E-state index contributed by atoms with van der Waals surface area (Å²) in [6, 6.07) is 8.25. The summed E-state index contributed by atoms with van der Waals surface area (Å²) in [6.45, 7) is 1.80. The molecular weight excluding hydrogens is 385 g/mol. The molecule has 1 N–H and O–H groups in total. The summed E-state index contributed by atoms with van der Waals surface area (Å²) in [5.74, 6) is -1.54. The van der Waals surface area contributed by atoms with Gasteiger partial charge in [0, 0.05) is 6.54 Å². The first kappa shape index (κ1) is 18.3. The van der Waals surface area contributed by atoms with Crippen LogP contribution >= 0.6 is 23.2 Å². The van der Waals surface area contributed by atoms with Crippen molar-refractivity contribution in [2.45, 2.75) is 13.5 Å². The van der Waals surface area contributed by atoms with Gasteiger partial charge in [-0.3, -0.25) is 4.79 Å². The number of hydrogen-bond acceptors (Lipinski definition) is 3. The summed E-state index contributed by atoms with van der Waals surface area (Å²) < 4.78 is 27.8. The minimum atomic E-state index is -0.552. The first-order valence-electron chi connectivity index (χ1n) is 7.46. The zero-order chi connectivity index (χ0) is 18.8. The maximum Gasteiger partial charge on any atom is 0.274 e. The monoisotopic (exact) mass is 396 g/mol. The summed E-state index contributed by atoms with van der Waals surface area (Å²) in [6.07, 6.45) is 0. The van der Waals surface area contributed by atoms with Crippen LogP contribution in [0.15, 0.2) is 36.4 Å². The summed E-state index contributed by atoms with van der Waals surface area (Å²) in [5, 5.41) is 10.4. The second-order valence-electron chi connectivity index (χ2n) is 5.46. The highest BCUT2D eigenvalue weighted by atomic mass is 35.5. The van der Waals surface area contributed by atoms with E-state index in [9.17, 15) is 13.6 Å². The third kappa shape index (κ3) is 3.68. The molecular formula is C17H12Cl2F2N4O. The molecule has 1 amide bonds. The number of hydrogen-bond donors (Lipinski definition) is 1. The maximum absolute atomic E-state index is 13.3. The van der Waals surface area contributed by atoms with Crippen LogP contribution in [0.4, 0.5) is 8.78 Å². The Morgan fingerprint density at radius 1 is 1.12 bits per heavy atom. The summed E-state index contributed by atoms with van der Waals surface area (Å²) in [5.41, 5.74) is 1.69. The van der Waals surface area contributed by atoms with Crippen LogP contribution in [-0.4, -0.2) is 20.9 Å². The molecule has 0 aliphatic heterocycles. The molecule has 0 radical (unpaired) electrons. The number of amides is 1. The van der Waals surface area contributed by atoms with Crippen molar-refractivity contribution in [1.82, 2.24) is 20.3 Å². The van der Waals surface area contributed by atoms with Crippen molar-refractivity contribution >= 4 is 29.1 Å². The Morgan fingerprint density at radius 3 is 2.42 bits per heavy atom. The SMILES string of the molecule is Cc1c(C(=O)NCc2ccc(F)c(Cl)c2)nnn1-c1ccc(F)c(Cl)c1. The van der Waals surface area contributed by atoms with Gasteiger partial charge in [-0.2, -0.15) is 0 Å². The normalized spacial score (nSPS) is 10.8. The van der Waals surface area contributed by atoms with Gasteiger partial charge in [-0.1, -0.05) is 34.5 Å². The molecule has 0 saturated carbocycles. The zero-order valence-electron chi connectivity index (χ0n) is 13.4. The van der Waals surface area contributed by atoms with Crippen molar-refractivity contribution in [3.05, 3.63) is 75.0 Å². The molecule has 0 atom stereocenters. The highest BCUT2D eigenvalue weighted by Gasteiger charge is 2.18. The molecule has 0 aliphatic rings. The molecule has 3 rings (SSSR count). The summed E-state index contributed by atoms with van der Waals surface area (Å²) in [4.78, 5) is 12.3. The molecule has 3 aromatic rings. The Balaban J connectivity index is 1.77. The number of halogens is 4. The number of nitrogens with zero attached hydrogens (tertiary/aromatic N) is 3. The fourth-order valence-electron chi connectivity index (χ4n) is 2.32. The van der Waals surface area contributed by atoms with E-state index in [-0.39, 0.29) is 22.3 Å². The number of carbonyl (C=O) groups is 1. The van der Waals surface area contributed by atoms with Crippen LogP contribution in [-0.2, 0) is 6.54 Å². The smallest absolute Gasteiger partial charge is 0.274 e. The number of benzene rings is 2. The van der Waals surface area contributed by atoms with Crippen LogP contribution in [0.2, 0.25) is 10.0 Å². The third-order valence-corrected chi connectivity index (χ3v) is 4.27. The Morgan fingerprint density at radius 2 is 1.77 bits per heavy atom. The quantitative estimate of drug-likeness (QED) is 0.722. The van der Waals surface area contributed by atoms with Crippen LogP contribution in [0.5, 0.6) is 0 Å². The lowest BCUT2D eigenvalue weighted by Crippen LogP contribution is -2.24. The van der Waals surface area contributed by atoms with E-state index in [1.807, 2.05) is 0 Å². The lowest BCUT2D eigenvalue weighted by Gasteiger charge is -2.06. The lowest BCUT2D eigenvalue weighted by molar-refractivity contribution is 0.0945. The Kier molecular flexibility index (Phi) is 5.20. The van der Waals surface area contributed by atoms with E-state index in [2.05, 4.69) is 15.6 Å². The topological polar surface area (TPSA) is 59.8 Å². The maximum atomic E-state index is 13.3. The van der Waals surface area contributed by atoms with Gasteiger partial charge in [-0.25, -0.2) is 13.5 Å². The van der Waals surface area contributed by atoms with Crippen molar-refractivity contribution < 1.29 is 13.6 Å². The Hall–Kier alpha value is -2.51. The molecule has 26 heavy (non-hydrogen) atoms. The van der Waals surface area contributed by atoms with Gasteiger partial charge in [0.05, 0.1) is 21.4 Å². The van der Waals surface area contributed by atoms with Gasteiger partial charge in [0.25, 0.3) is 5.91 Å². The van der Waals surface area contributed by atoms with Crippen molar-refractivity contribution in [1.29, 1.82) is 0 Å². The first-order chi connectivity index (χ1) is 12.4. The molecule has 1 aromatic heterocycles. The van der Waals surface area contributed by atoms with Crippen molar-refractivity contribution in [2.24, 2.45) is 0 Å². The van der Waals surface area contributed by atoms with E-state index >= 15 is 0 Å². The fourth-order valence-corrected chi connectivity index (χ4v) is 2.69. The second-order valence-corrected chi connectivity index (χ2v) is 6.28. The number of rotatable bonds is 4. The molecule has 5 nitrogen and oxygen atoms in total. The Labute approximate surface area is 157 Å². The van der Waals surface area contributed by atoms with Gasteiger partial charge < -0.3 is 5.32 Å². The highest BCUT2D eigenvalue weighted by Crippen LogP contribution is 2.20. The van der Waals surface area contributed by atoms with E-state index < -0.39 is 17.5 Å². The molecule has 0 aliphatic carbocycles. The van der Waals surface area contributed by atoms with Crippen LogP contribution in [0.25, 0.3) is 5.69 Å². The lowest BCUT2D eigenvalue weighted by atomic mass is 10.2. The van der Waals surface area contributed by atoms with E-state index in [0.717, 1.165) is 0 Å². The number of aromatic nitrogens is 3. The molecule has 0 saturated heterocycles. The van der Waals surface area contributed by atoms with Gasteiger partial charge in [-0.05, 0) is 42.8 Å². The minimum Gasteiger partial charge on any atom is -0.347 e. The first-order valence-corrected chi connectivity index (χ1v) is 8.22. The molecule has 0 fully saturated rings. The van der Waals surface area contributed by atoms with Gasteiger partial charge in [0.2, 0.25) is 0 Å². The van der Waals surface area contributed by atoms with Crippen molar-refractivity contribution in [3.8, 4) is 5.69 Å². The average Bonchev–Trinajstić information content (AvgIpc) is 3.00. The number of nitrogens with one attached hydrogen (secondary N) is 1. The molecule has 134 valence electrons. The molecule has 9 heteroatoms. The average molecular weight is 397 g/mol. The van der Waals surface area contributed by atoms with Crippen LogP contribution in [0, 0.1) is 18.6 Å². The number of carbonyl (C=O) groups excluding carboxylic acids is 1. The third-order valence-electron chi connectivity index (χ3n) is 3.69. The van der Waals surface area contributed by atoms with Gasteiger partial charge >= 0.3 is 0 Å². The predicted octanol–water partition coefficient (Wildman–Crippen LogP) is 4.09. The van der Waals surface area contributed by atoms with Crippen molar-refractivity contribution in [2.75, 3.05) is 0 Å². The van der Waals surface area contributed by atoms with Crippen LogP contribution < -0.4 is 5.32 Å².